The van der Waals surface area contributed by atoms with E-state index in [0.29, 0.717) is 6.04 Å². The molecule has 4 heterocycles. The van der Waals surface area contributed by atoms with Crippen LogP contribution in [-0.2, 0) is 11.3 Å². The first-order valence-corrected chi connectivity index (χ1v) is 9.82. The van der Waals surface area contributed by atoms with E-state index < -0.39 is 12.1 Å². The number of anilines is 1. The highest BCUT2D eigenvalue weighted by Crippen LogP contribution is 2.20. The summed E-state index contributed by atoms with van der Waals surface area (Å²) in [5.41, 5.74) is 3.31. The average Bonchev–Trinajstić information content (AvgIpc) is 3.51. The van der Waals surface area contributed by atoms with Gasteiger partial charge in [0.2, 0.25) is 0 Å². The molecule has 3 aromatic heterocycles. The van der Waals surface area contributed by atoms with E-state index >= 15 is 0 Å². The highest BCUT2D eigenvalue weighted by atomic mass is 19.4. The van der Waals surface area contributed by atoms with Gasteiger partial charge in [0.25, 0.3) is 0 Å². The molecule has 1 aliphatic rings. The SMILES string of the molecule is O=C(O)C(F)(F)F.c1cc(CNC2CCN(c3ccc4nncn4n3)C2)c2[nH]ccc2c1. The van der Waals surface area contributed by atoms with Gasteiger partial charge in [0, 0.05) is 37.4 Å². The Hall–Kier alpha value is -3.67. The topological polar surface area (TPSA) is 111 Å². The van der Waals surface area contributed by atoms with Gasteiger partial charge in [0.1, 0.15) is 12.1 Å². The van der Waals surface area contributed by atoms with Crippen molar-refractivity contribution in [2.75, 3.05) is 18.0 Å². The maximum Gasteiger partial charge on any atom is 0.490 e. The number of alkyl halides is 3. The number of aromatic amines is 1. The van der Waals surface area contributed by atoms with Gasteiger partial charge in [-0.3, -0.25) is 0 Å². The van der Waals surface area contributed by atoms with Gasteiger partial charge >= 0.3 is 12.1 Å². The van der Waals surface area contributed by atoms with Gasteiger partial charge < -0.3 is 20.3 Å². The van der Waals surface area contributed by atoms with Crippen molar-refractivity contribution in [1.82, 2.24) is 30.1 Å². The zero-order chi connectivity index (χ0) is 22.7. The number of carboxylic acid groups (broad SMARTS) is 1. The number of hydrogen-bond donors (Lipinski definition) is 3. The molecule has 5 rings (SSSR count). The largest absolute Gasteiger partial charge is 0.490 e. The lowest BCUT2D eigenvalue weighted by atomic mass is 10.1. The zero-order valence-electron chi connectivity index (χ0n) is 16.8. The molecule has 0 saturated carbocycles. The van der Waals surface area contributed by atoms with E-state index in [2.05, 4.69) is 54.8 Å². The fraction of sp³-hybridized carbons (Fsp3) is 0.300. The van der Waals surface area contributed by atoms with Crippen LogP contribution in [0.5, 0.6) is 0 Å². The minimum atomic E-state index is -5.08. The smallest absolute Gasteiger partial charge is 0.475 e. The number of halogens is 3. The van der Waals surface area contributed by atoms with Gasteiger partial charge in [-0.15, -0.1) is 15.3 Å². The normalized spacial score (nSPS) is 16.3. The molecule has 168 valence electrons. The predicted octanol–water partition coefficient (Wildman–Crippen LogP) is 2.61. The van der Waals surface area contributed by atoms with E-state index in [-0.39, 0.29) is 0 Å². The Bertz CT molecular complexity index is 1220. The van der Waals surface area contributed by atoms with Crippen LogP contribution in [0.1, 0.15) is 12.0 Å². The lowest BCUT2D eigenvalue weighted by molar-refractivity contribution is -0.192. The third-order valence-corrected chi connectivity index (χ3v) is 5.16. The molecule has 12 heteroatoms. The molecule has 0 bridgehead atoms. The van der Waals surface area contributed by atoms with E-state index in [4.69, 9.17) is 9.90 Å². The van der Waals surface area contributed by atoms with Crippen molar-refractivity contribution in [3.63, 3.8) is 0 Å². The number of nitrogens with zero attached hydrogens (tertiary/aromatic N) is 5. The number of para-hydroxylation sites is 1. The van der Waals surface area contributed by atoms with E-state index in [1.807, 2.05) is 18.3 Å². The number of fused-ring (bicyclic) bond motifs is 2. The zero-order valence-corrected chi connectivity index (χ0v) is 16.8. The molecule has 32 heavy (non-hydrogen) atoms. The van der Waals surface area contributed by atoms with Crippen molar-refractivity contribution in [2.24, 2.45) is 0 Å². The van der Waals surface area contributed by atoms with Gasteiger partial charge in [-0.2, -0.15) is 17.7 Å². The maximum absolute atomic E-state index is 10.6. The number of hydrogen-bond acceptors (Lipinski definition) is 6. The van der Waals surface area contributed by atoms with Crippen LogP contribution < -0.4 is 10.2 Å². The molecule has 0 spiro atoms. The summed E-state index contributed by atoms with van der Waals surface area (Å²) >= 11 is 0. The van der Waals surface area contributed by atoms with Crippen LogP contribution in [0.2, 0.25) is 0 Å². The molecule has 1 aromatic carbocycles. The first kappa shape index (κ1) is 21.6. The molecule has 9 nitrogen and oxygen atoms in total. The molecule has 1 saturated heterocycles. The minimum Gasteiger partial charge on any atom is -0.475 e. The summed E-state index contributed by atoms with van der Waals surface area (Å²) in [4.78, 5) is 14.5. The van der Waals surface area contributed by atoms with Crippen LogP contribution in [0.15, 0.2) is 48.9 Å². The van der Waals surface area contributed by atoms with Gasteiger partial charge in [-0.05, 0) is 35.6 Å². The number of benzene rings is 1. The third-order valence-electron chi connectivity index (χ3n) is 5.16. The van der Waals surface area contributed by atoms with Gasteiger partial charge in [-0.25, -0.2) is 4.79 Å². The summed E-state index contributed by atoms with van der Waals surface area (Å²) in [5.74, 6) is -1.78. The average molecular weight is 447 g/mol. The number of aromatic nitrogens is 5. The van der Waals surface area contributed by atoms with Gasteiger partial charge in [0.15, 0.2) is 5.65 Å². The summed E-state index contributed by atoms with van der Waals surface area (Å²) in [6.45, 7) is 2.83. The number of rotatable bonds is 4. The van der Waals surface area contributed by atoms with Crippen molar-refractivity contribution >= 4 is 28.3 Å². The first-order chi connectivity index (χ1) is 15.3. The number of carbonyl (C=O) groups is 1. The molecule has 0 aliphatic carbocycles. The molecular weight excluding hydrogens is 427 g/mol. The van der Waals surface area contributed by atoms with E-state index in [9.17, 15) is 13.2 Å². The Balaban J connectivity index is 0.000000307. The number of H-pyrrole nitrogens is 1. The molecular formula is C20H20F3N7O2. The van der Waals surface area contributed by atoms with E-state index in [0.717, 1.165) is 37.5 Å². The van der Waals surface area contributed by atoms with Crippen LogP contribution >= 0.6 is 0 Å². The van der Waals surface area contributed by atoms with Crippen LogP contribution in [0, 0.1) is 0 Å². The standard InChI is InChI=1S/C18H19N7.C2HF3O2/c1-2-13-6-8-19-18(13)14(3-1)10-20-15-7-9-24(11-15)17-5-4-16-22-21-12-25(16)23-17;3-2(4,5)1(6)7/h1-6,8,12,15,19-20H,7,9-11H2;(H,6,7). The number of carboxylic acids is 1. The fourth-order valence-electron chi connectivity index (χ4n) is 3.57. The van der Waals surface area contributed by atoms with Crippen LogP contribution in [-0.4, -0.2) is 61.2 Å². The fourth-order valence-corrected chi connectivity index (χ4v) is 3.57. The Morgan fingerprint density at radius 3 is 2.84 bits per heavy atom. The molecule has 0 radical (unpaired) electrons. The Kier molecular flexibility index (Phi) is 5.95. The summed E-state index contributed by atoms with van der Waals surface area (Å²) in [7, 11) is 0. The van der Waals surface area contributed by atoms with Crippen LogP contribution in [0.25, 0.3) is 16.6 Å². The summed E-state index contributed by atoms with van der Waals surface area (Å²) in [5, 5.41) is 24.6. The van der Waals surface area contributed by atoms with Crippen molar-refractivity contribution in [2.45, 2.75) is 25.2 Å². The number of aliphatic carboxylic acids is 1. The molecule has 4 aromatic rings. The lowest BCUT2D eigenvalue weighted by Crippen LogP contribution is -2.32. The van der Waals surface area contributed by atoms with E-state index in [1.54, 1.807) is 10.8 Å². The molecule has 0 amide bonds. The maximum atomic E-state index is 10.6. The van der Waals surface area contributed by atoms with Crippen LogP contribution in [0.3, 0.4) is 0 Å². The van der Waals surface area contributed by atoms with Crippen molar-refractivity contribution in [1.29, 1.82) is 0 Å². The molecule has 1 fully saturated rings. The third kappa shape index (κ3) is 4.80. The van der Waals surface area contributed by atoms with Crippen molar-refractivity contribution in [3.05, 3.63) is 54.5 Å². The second-order valence-electron chi connectivity index (χ2n) is 7.30. The molecule has 3 N–H and O–H groups in total. The Morgan fingerprint density at radius 1 is 1.25 bits per heavy atom. The highest BCUT2D eigenvalue weighted by Gasteiger charge is 2.38. The summed E-state index contributed by atoms with van der Waals surface area (Å²) < 4.78 is 33.5. The first-order valence-electron chi connectivity index (χ1n) is 9.82. The summed E-state index contributed by atoms with van der Waals surface area (Å²) in [6, 6.07) is 13.0. The second-order valence-corrected chi connectivity index (χ2v) is 7.30. The second kappa shape index (κ2) is 8.83. The van der Waals surface area contributed by atoms with Crippen LogP contribution in [0.4, 0.5) is 19.0 Å². The molecule has 1 atom stereocenters. The predicted molar refractivity (Wildman–Crippen MR) is 110 cm³/mol. The van der Waals surface area contributed by atoms with Gasteiger partial charge in [-0.1, -0.05) is 18.2 Å². The monoisotopic (exact) mass is 447 g/mol. The van der Waals surface area contributed by atoms with Crippen molar-refractivity contribution in [3.8, 4) is 0 Å². The Morgan fingerprint density at radius 2 is 2.06 bits per heavy atom. The van der Waals surface area contributed by atoms with Gasteiger partial charge in [0.05, 0.1) is 0 Å². The molecule has 1 aliphatic heterocycles. The highest BCUT2D eigenvalue weighted by molar-refractivity contribution is 5.82. The van der Waals surface area contributed by atoms with Crippen molar-refractivity contribution < 1.29 is 23.1 Å². The Labute approximate surface area is 179 Å². The minimum absolute atomic E-state index is 0.462. The lowest BCUT2D eigenvalue weighted by Gasteiger charge is -2.18. The molecule has 1 unspecified atom stereocenters. The number of nitrogens with one attached hydrogen (secondary N) is 2. The quantitative estimate of drug-likeness (QED) is 0.441. The van der Waals surface area contributed by atoms with E-state index in [1.165, 1.54) is 16.5 Å². The summed E-state index contributed by atoms with van der Waals surface area (Å²) in [6.07, 6.45) is -0.331.